The second-order valence-corrected chi connectivity index (χ2v) is 7.60. The van der Waals surface area contributed by atoms with Gasteiger partial charge in [0.2, 0.25) is 5.91 Å². The third kappa shape index (κ3) is 3.08. The molecule has 0 radical (unpaired) electrons. The maximum absolute atomic E-state index is 11.9. The summed E-state index contributed by atoms with van der Waals surface area (Å²) in [4.78, 5) is 13.3. The molecule has 4 nitrogen and oxygen atoms in total. The first-order valence-electron chi connectivity index (χ1n) is 8.76. The van der Waals surface area contributed by atoms with Crippen LogP contribution in [0.3, 0.4) is 0 Å². The van der Waals surface area contributed by atoms with Crippen LogP contribution >= 0.6 is 11.3 Å². The minimum atomic E-state index is -0.285. The molecule has 128 valence electrons. The van der Waals surface area contributed by atoms with Crippen LogP contribution in [0.5, 0.6) is 0 Å². The third-order valence-corrected chi connectivity index (χ3v) is 6.18. The van der Waals surface area contributed by atoms with Gasteiger partial charge in [0, 0.05) is 22.0 Å². The molecule has 2 aromatic rings. The van der Waals surface area contributed by atoms with E-state index in [9.17, 15) is 4.79 Å². The molecule has 1 N–H and O–H groups in total. The molecule has 2 aliphatic rings. The molecule has 3 atom stereocenters. The van der Waals surface area contributed by atoms with Crippen molar-refractivity contribution in [3.63, 3.8) is 0 Å². The Labute approximate surface area is 151 Å². The molecule has 3 unspecified atom stereocenters. The summed E-state index contributed by atoms with van der Waals surface area (Å²) in [7, 11) is 0. The summed E-state index contributed by atoms with van der Waals surface area (Å²) in [5.74, 6) is 0.229. The molecular formula is C20H20N2O2S. The molecule has 0 bridgehead atoms. The number of nitrogens with zero attached hydrogens (tertiary/aromatic N) is 1. The van der Waals surface area contributed by atoms with E-state index in [1.54, 1.807) is 0 Å². The van der Waals surface area contributed by atoms with E-state index in [2.05, 4.69) is 16.8 Å². The summed E-state index contributed by atoms with van der Waals surface area (Å²) in [6.07, 6.45) is 4.75. The van der Waals surface area contributed by atoms with E-state index in [1.165, 1.54) is 29.7 Å². The zero-order chi connectivity index (χ0) is 17.2. The fourth-order valence-corrected chi connectivity index (χ4v) is 5.12. The molecule has 0 saturated heterocycles. The molecule has 0 spiro atoms. The highest BCUT2D eigenvalue weighted by Gasteiger charge is 2.39. The number of ether oxygens (including phenoxy) is 1. The van der Waals surface area contributed by atoms with Gasteiger partial charge in [-0.3, -0.25) is 4.79 Å². The number of para-hydroxylation sites is 1. The van der Waals surface area contributed by atoms with E-state index in [-0.39, 0.29) is 24.5 Å². The second-order valence-electron chi connectivity index (χ2n) is 6.66. The van der Waals surface area contributed by atoms with Gasteiger partial charge in [0.1, 0.15) is 12.5 Å². The fraction of sp³-hybridized carbons (Fsp3) is 0.400. The van der Waals surface area contributed by atoms with E-state index in [0.717, 1.165) is 17.7 Å². The van der Waals surface area contributed by atoms with Crippen LogP contribution in [0, 0.1) is 11.3 Å². The van der Waals surface area contributed by atoms with Crippen LogP contribution in [0.1, 0.15) is 60.1 Å². The van der Waals surface area contributed by atoms with Gasteiger partial charge in [-0.05, 0) is 35.9 Å². The number of carbonyl (C=O) groups excluding carboxylic acids is 1. The largest absolute Gasteiger partial charge is 0.365 e. The lowest BCUT2D eigenvalue weighted by molar-refractivity contribution is -0.115. The Morgan fingerprint density at radius 3 is 2.96 bits per heavy atom. The number of hydrogen-bond donors (Lipinski definition) is 1. The van der Waals surface area contributed by atoms with Crippen molar-refractivity contribution in [2.45, 2.75) is 50.2 Å². The van der Waals surface area contributed by atoms with E-state index in [1.807, 2.05) is 41.7 Å². The molecule has 25 heavy (non-hydrogen) atoms. The van der Waals surface area contributed by atoms with Crippen LogP contribution in [0.2, 0.25) is 0 Å². The summed E-state index contributed by atoms with van der Waals surface area (Å²) in [5, 5.41) is 13.7. The molecule has 1 amide bonds. The lowest BCUT2D eigenvalue weighted by Crippen LogP contribution is -2.33. The molecule has 5 heteroatoms. The van der Waals surface area contributed by atoms with E-state index >= 15 is 0 Å². The first-order chi connectivity index (χ1) is 12.3. The number of thiophene rings is 1. The van der Waals surface area contributed by atoms with Crippen LogP contribution in [-0.2, 0) is 9.53 Å². The van der Waals surface area contributed by atoms with E-state index in [4.69, 9.17) is 10.00 Å². The van der Waals surface area contributed by atoms with E-state index in [0.29, 0.717) is 5.92 Å². The second kappa shape index (κ2) is 6.99. The number of anilines is 1. The fourth-order valence-electron chi connectivity index (χ4n) is 4.00. The van der Waals surface area contributed by atoms with Crippen molar-refractivity contribution in [2.75, 3.05) is 5.32 Å². The predicted molar refractivity (Wildman–Crippen MR) is 97.5 cm³/mol. The first kappa shape index (κ1) is 16.3. The molecule has 1 fully saturated rings. The maximum atomic E-state index is 11.9. The number of hydrogen-bond acceptors (Lipinski definition) is 4. The Balaban J connectivity index is 1.70. The Hall–Kier alpha value is -2.16. The number of benzene rings is 1. The smallest absolute Gasteiger partial charge is 0.238 e. The van der Waals surface area contributed by atoms with Gasteiger partial charge < -0.3 is 10.1 Å². The van der Waals surface area contributed by atoms with Crippen LogP contribution < -0.4 is 5.32 Å². The third-order valence-electron chi connectivity index (χ3n) is 5.12. The molecule has 1 aliphatic carbocycles. The molecule has 4 rings (SSSR count). The number of nitrogens with one attached hydrogen (secondary N) is 1. The zero-order valence-corrected chi connectivity index (χ0v) is 14.7. The Morgan fingerprint density at radius 2 is 2.08 bits per heavy atom. The lowest BCUT2D eigenvalue weighted by Gasteiger charge is -2.40. The van der Waals surface area contributed by atoms with Crippen LogP contribution in [0.25, 0.3) is 0 Å². The number of carbonyl (C=O) groups is 1. The lowest BCUT2D eigenvalue weighted by atomic mass is 9.80. The minimum absolute atomic E-state index is 0.145. The predicted octanol–water partition coefficient (Wildman–Crippen LogP) is 4.75. The topological polar surface area (TPSA) is 62.1 Å². The van der Waals surface area contributed by atoms with Crippen molar-refractivity contribution in [2.24, 2.45) is 0 Å². The highest BCUT2D eigenvalue weighted by atomic mass is 32.1. The minimum Gasteiger partial charge on any atom is -0.365 e. The quantitative estimate of drug-likeness (QED) is 0.867. The molecule has 1 saturated carbocycles. The number of nitriles is 1. The number of rotatable bonds is 3. The van der Waals surface area contributed by atoms with Gasteiger partial charge in [0.15, 0.2) is 0 Å². The van der Waals surface area contributed by atoms with Gasteiger partial charge in [-0.1, -0.05) is 31.0 Å². The summed E-state index contributed by atoms with van der Waals surface area (Å²) in [6, 6.07) is 11.8. The zero-order valence-electron chi connectivity index (χ0n) is 13.9. The van der Waals surface area contributed by atoms with E-state index < -0.39 is 0 Å². The Kier molecular flexibility index (Phi) is 4.56. The molecule has 1 aromatic heterocycles. The Morgan fingerprint density at radius 1 is 1.24 bits per heavy atom. The molecule has 1 aliphatic heterocycles. The van der Waals surface area contributed by atoms with Gasteiger partial charge >= 0.3 is 0 Å². The van der Waals surface area contributed by atoms with Crippen molar-refractivity contribution >= 4 is 22.9 Å². The highest BCUT2D eigenvalue weighted by Crippen LogP contribution is 2.49. The first-order valence-corrected chi connectivity index (χ1v) is 9.64. The summed E-state index contributed by atoms with van der Waals surface area (Å²) >= 11 is 1.83. The SMILES string of the molecule is N#CCC(=O)Nc1ccccc1C1OC2CCCCC2c2sccc21. The molecule has 2 heterocycles. The number of fused-ring (bicyclic) bond motifs is 3. The van der Waals surface area contributed by atoms with Crippen LogP contribution in [-0.4, -0.2) is 12.0 Å². The molecular weight excluding hydrogens is 332 g/mol. The van der Waals surface area contributed by atoms with Gasteiger partial charge in [-0.2, -0.15) is 5.26 Å². The normalized spacial score (nSPS) is 24.7. The van der Waals surface area contributed by atoms with Gasteiger partial charge in [-0.15, -0.1) is 11.3 Å². The number of amides is 1. The maximum Gasteiger partial charge on any atom is 0.238 e. The van der Waals surface area contributed by atoms with Crippen LogP contribution in [0.4, 0.5) is 5.69 Å². The Bertz CT molecular complexity index is 823. The average Bonchev–Trinajstić information content (AvgIpc) is 3.12. The van der Waals surface area contributed by atoms with Gasteiger partial charge in [0.25, 0.3) is 0 Å². The van der Waals surface area contributed by atoms with Crippen molar-refractivity contribution in [3.8, 4) is 6.07 Å². The van der Waals surface area contributed by atoms with Crippen molar-refractivity contribution in [1.82, 2.24) is 0 Å². The van der Waals surface area contributed by atoms with Gasteiger partial charge in [-0.25, -0.2) is 0 Å². The van der Waals surface area contributed by atoms with Crippen molar-refractivity contribution in [1.29, 1.82) is 5.26 Å². The van der Waals surface area contributed by atoms with Crippen molar-refractivity contribution < 1.29 is 9.53 Å². The van der Waals surface area contributed by atoms with Crippen molar-refractivity contribution in [3.05, 3.63) is 51.7 Å². The average molecular weight is 352 g/mol. The van der Waals surface area contributed by atoms with Crippen LogP contribution in [0.15, 0.2) is 35.7 Å². The summed E-state index contributed by atoms with van der Waals surface area (Å²) in [5.41, 5.74) is 2.94. The standard InChI is InChI=1S/C20H20N2O2S/c21-11-9-18(23)22-16-7-3-1-5-13(16)19-15-10-12-25-20(15)14-6-2-4-8-17(14)24-19/h1,3,5,7,10,12,14,17,19H,2,4,6,8-9H2,(H,22,23). The summed E-state index contributed by atoms with van der Waals surface area (Å²) in [6.45, 7) is 0. The summed E-state index contributed by atoms with van der Waals surface area (Å²) < 4.78 is 6.53. The monoisotopic (exact) mass is 352 g/mol. The molecule has 1 aromatic carbocycles. The van der Waals surface area contributed by atoms with Gasteiger partial charge in [0.05, 0.1) is 12.2 Å². The highest BCUT2D eigenvalue weighted by molar-refractivity contribution is 7.10.